The molecular formula is C24H21F3N6O3. The quantitative estimate of drug-likeness (QED) is 0.332. The molecule has 0 aliphatic rings. The number of carbonyl (C=O) groups excluding carboxylic acids is 2. The van der Waals surface area contributed by atoms with Crippen molar-refractivity contribution in [3.8, 4) is 0 Å². The zero-order chi connectivity index (χ0) is 26.0. The first-order valence-corrected chi connectivity index (χ1v) is 10.8. The van der Waals surface area contributed by atoms with Gasteiger partial charge in [-0.25, -0.2) is 4.98 Å². The van der Waals surface area contributed by atoms with Crippen molar-refractivity contribution >= 4 is 34.4 Å². The van der Waals surface area contributed by atoms with Crippen LogP contribution in [0.3, 0.4) is 0 Å². The van der Waals surface area contributed by atoms with Crippen LogP contribution in [-0.4, -0.2) is 42.9 Å². The van der Waals surface area contributed by atoms with Crippen molar-refractivity contribution in [3.05, 3.63) is 77.4 Å². The summed E-state index contributed by atoms with van der Waals surface area (Å²) in [6, 6.07) is 5.36. The lowest BCUT2D eigenvalue weighted by Gasteiger charge is -2.10. The third kappa shape index (κ3) is 5.18. The molecule has 0 spiro atoms. The van der Waals surface area contributed by atoms with Crippen LogP contribution in [-0.2, 0) is 17.4 Å². The molecule has 36 heavy (non-hydrogen) atoms. The minimum Gasteiger partial charge on any atom is -0.394 e. The Hall–Kier alpha value is -4.32. The maximum atomic E-state index is 13.3. The first-order chi connectivity index (χ1) is 17.1. The molecule has 12 heteroatoms. The maximum Gasteiger partial charge on any atom is 0.416 e. The topological polar surface area (TPSA) is 136 Å². The predicted octanol–water partition coefficient (Wildman–Crippen LogP) is 3.39. The van der Waals surface area contributed by atoms with Crippen LogP contribution < -0.4 is 11.1 Å². The van der Waals surface area contributed by atoms with Crippen molar-refractivity contribution in [2.75, 3.05) is 17.7 Å². The lowest BCUT2D eigenvalue weighted by Crippen LogP contribution is -2.15. The predicted molar refractivity (Wildman–Crippen MR) is 125 cm³/mol. The van der Waals surface area contributed by atoms with E-state index in [2.05, 4.69) is 20.3 Å². The number of hydrogen-bond acceptors (Lipinski definition) is 7. The smallest absolute Gasteiger partial charge is 0.394 e. The molecule has 0 fully saturated rings. The third-order valence-electron chi connectivity index (χ3n) is 5.50. The molecule has 4 N–H and O–H groups in total. The van der Waals surface area contributed by atoms with Gasteiger partial charge in [-0.3, -0.25) is 14.6 Å². The molecule has 3 heterocycles. The zero-order valence-electron chi connectivity index (χ0n) is 19.0. The molecule has 0 aliphatic carbocycles. The van der Waals surface area contributed by atoms with Gasteiger partial charge in [0.2, 0.25) is 11.9 Å². The number of nitrogen functional groups attached to an aromatic ring is 1. The van der Waals surface area contributed by atoms with Crippen molar-refractivity contribution in [2.24, 2.45) is 0 Å². The van der Waals surface area contributed by atoms with Gasteiger partial charge in [0.25, 0.3) is 0 Å². The molecule has 9 nitrogen and oxygen atoms in total. The molecule has 186 valence electrons. The number of pyridine rings is 1. The van der Waals surface area contributed by atoms with Crippen molar-refractivity contribution < 1.29 is 27.9 Å². The lowest BCUT2D eigenvalue weighted by molar-refractivity contribution is -0.137. The number of alkyl halides is 3. The Morgan fingerprint density at radius 3 is 2.56 bits per heavy atom. The number of fused-ring (bicyclic) bond motifs is 1. The van der Waals surface area contributed by atoms with Gasteiger partial charge in [0.1, 0.15) is 5.65 Å². The Balaban J connectivity index is 1.54. The summed E-state index contributed by atoms with van der Waals surface area (Å²) < 4.78 is 39.8. The molecule has 4 rings (SSSR count). The van der Waals surface area contributed by atoms with Gasteiger partial charge in [0, 0.05) is 29.5 Å². The third-order valence-corrected chi connectivity index (χ3v) is 5.50. The summed E-state index contributed by atoms with van der Waals surface area (Å²) in [7, 11) is 0. The van der Waals surface area contributed by atoms with Gasteiger partial charge in [-0.2, -0.15) is 18.2 Å². The van der Waals surface area contributed by atoms with E-state index in [1.165, 1.54) is 36.8 Å². The average molecular weight is 498 g/mol. The molecule has 0 saturated carbocycles. The molecule has 4 aromatic rings. The van der Waals surface area contributed by atoms with Gasteiger partial charge in [-0.1, -0.05) is 12.1 Å². The highest BCUT2D eigenvalue weighted by molar-refractivity contribution is 6.16. The fraction of sp³-hybridized carbons (Fsp3) is 0.208. The molecule has 0 bridgehead atoms. The summed E-state index contributed by atoms with van der Waals surface area (Å²) in [5.74, 6) is -0.882. The van der Waals surface area contributed by atoms with E-state index < -0.39 is 23.4 Å². The number of nitrogens with zero attached hydrogens (tertiary/aromatic N) is 4. The van der Waals surface area contributed by atoms with Crippen molar-refractivity contribution in [2.45, 2.75) is 25.6 Å². The number of nitrogens with two attached hydrogens (primary N) is 1. The van der Waals surface area contributed by atoms with E-state index in [4.69, 9.17) is 5.73 Å². The largest absolute Gasteiger partial charge is 0.416 e. The number of rotatable bonds is 7. The van der Waals surface area contributed by atoms with E-state index in [0.29, 0.717) is 16.6 Å². The van der Waals surface area contributed by atoms with Gasteiger partial charge < -0.3 is 20.7 Å². The first kappa shape index (κ1) is 24.8. The maximum absolute atomic E-state index is 13.3. The Morgan fingerprint density at radius 2 is 1.89 bits per heavy atom. The van der Waals surface area contributed by atoms with Crippen LogP contribution in [0.1, 0.15) is 40.0 Å². The number of nitrogens with one attached hydrogen (secondary N) is 1. The number of aliphatic hydroxyl groups is 1. The summed E-state index contributed by atoms with van der Waals surface area (Å²) in [6.07, 6.45) is 1.04. The minimum absolute atomic E-state index is 0.0189. The Morgan fingerprint density at radius 1 is 1.17 bits per heavy atom. The molecule has 1 unspecified atom stereocenters. The van der Waals surface area contributed by atoms with E-state index in [1.54, 1.807) is 17.7 Å². The van der Waals surface area contributed by atoms with Crippen LogP contribution in [0, 0.1) is 0 Å². The molecular weight excluding hydrogens is 477 g/mol. The monoisotopic (exact) mass is 498 g/mol. The van der Waals surface area contributed by atoms with Crippen LogP contribution in [0.4, 0.5) is 24.8 Å². The fourth-order valence-corrected chi connectivity index (χ4v) is 3.64. The number of aliphatic hydroxyl groups excluding tert-OH is 1. The number of hydrogen-bond donors (Lipinski definition) is 3. The molecule has 0 aliphatic heterocycles. The highest BCUT2D eigenvalue weighted by atomic mass is 19.4. The summed E-state index contributed by atoms with van der Waals surface area (Å²) >= 11 is 0. The Bertz CT molecular complexity index is 1430. The second kappa shape index (κ2) is 9.74. The normalized spacial score (nSPS) is 12.5. The molecule has 3 aromatic heterocycles. The highest BCUT2D eigenvalue weighted by Crippen LogP contribution is 2.29. The molecule has 0 radical (unpaired) electrons. The van der Waals surface area contributed by atoms with Crippen molar-refractivity contribution in [3.63, 3.8) is 0 Å². The number of anilines is 2. The summed E-state index contributed by atoms with van der Waals surface area (Å²) in [5, 5.41) is 12.6. The van der Waals surface area contributed by atoms with Crippen molar-refractivity contribution in [1.82, 2.24) is 19.5 Å². The standard InChI is InChI=1S/C24H21F3N6O3/c1-13(12-34)33-11-19(18-10-30-23(28)32-22(18)33)21(36)15-7-17(9-29-8-15)31-20(35)6-14-2-4-16(5-3-14)24(25,26)27/h2-5,7-11,13,34H,6,12H2,1H3,(H,31,35)(H2,28,30,32). The number of benzene rings is 1. The summed E-state index contributed by atoms with van der Waals surface area (Å²) in [4.78, 5) is 37.9. The van der Waals surface area contributed by atoms with E-state index in [-0.39, 0.29) is 41.8 Å². The molecule has 0 saturated heterocycles. The van der Waals surface area contributed by atoms with Crippen LogP contribution in [0.2, 0.25) is 0 Å². The number of halogens is 3. The Labute approximate surface area is 202 Å². The van der Waals surface area contributed by atoms with E-state index in [0.717, 1.165) is 12.1 Å². The van der Waals surface area contributed by atoms with Crippen LogP contribution >= 0.6 is 0 Å². The van der Waals surface area contributed by atoms with E-state index in [1.807, 2.05) is 0 Å². The number of amides is 1. The van der Waals surface area contributed by atoms with Gasteiger partial charge >= 0.3 is 6.18 Å². The second-order valence-corrected chi connectivity index (χ2v) is 8.16. The lowest BCUT2D eigenvalue weighted by atomic mass is 10.1. The van der Waals surface area contributed by atoms with Gasteiger partial charge in [0.15, 0.2) is 5.78 Å². The number of carbonyl (C=O) groups is 2. The summed E-state index contributed by atoms with van der Waals surface area (Å²) in [5.41, 5.74) is 6.36. The number of aromatic nitrogens is 4. The van der Waals surface area contributed by atoms with Gasteiger partial charge in [0.05, 0.1) is 42.1 Å². The first-order valence-electron chi connectivity index (χ1n) is 10.8. The van der Waals surface area contributed by atoms with Gasteiger partial charge in [-0.05, 0) is 30.7 Å². The highest BCUT2D eigenvalue weighted by Gasteiger charge is 2.30. The van der Waals surface area contributed by atoms with E-state index in [9.17, 15) is 27.9 Å². The van der Waals surface area contributed by atoms with Crippen LogP contribution in [0.5, 0.6) is 0 Å². The zero-order valence-corrected chi connectivity index (χ0v) is 19.0. The summed E-state index contributed by atoms with van der Waals surface area (Å²) in [6.45, 7) is 1.56. The number of ketones is 1. The van der Waals surface area contributed by atoms with Gasteiger partial charge in [-0.15, -0.1) is 0 Å². The molecule has 1 amide bonds. The SMILES string of the molecule is CC(CO)n1cc(C(=O)c2cncc(NC(=O)Cc3ccc(C(F)(F)F)cc3)c2)c2cnc(N)nc21. The average Bonchev–Trinajstić information content (AvgIpc) is 3.21. The Kier molecular flexibility index (Phi) is 6.71. The van der Waals surface area contributed by atoms with Crippen LogP contribution in [0.25, 0.3) is 11.0 Å². The molecule has 1 atom stereocenters. The van der Waals surface area contributed by atoms with E-state index >= 15 is 0 Å². The minimum atomic E-state index is -4.46. The van der Waals surface area contributed by atoms with Crippen molar-refractivity contribution in [1.29, 1.82) is 0 Å². The fourth-order valence-electron chi connectivity index (χ4n) is 3.64. The second-order valence-electron chi connectivity index (χ2n) is 8.16. The molecule has 1 aromatic carbocycles. The van der Waals surface area contributed by atoms with Crippen LogP contribution in [0.15, 0.2) is 55.1 Å².